The summed E-state index contributed by atoms with van der Waals surface area (Å²) in [5.74, 6) is 0. The van der Waals surface area contributed by atoms with Gasteiger partial charge in [0.2, 0.25) is 0 Å². The molecule has 0 radical (unpaired) electrons. The molecule has 35 heavy (non-hydrogen) atoms. The van der Waals surface area contributed by atoms with E-state index >= 15 is 0 Å². The molecule has 2 aliphatic carbocycles. The molecule has 3 aromatic carbocycles. The lowest BCUT2D eigenvalue weighted by Crippen LogP contribution is -1.95. The molecule has 0 N–H and O–H groups in total. The van der Waals surface area contributed by atoms with Crippen LogP contribution in [0.4, 0.5) is 0 Å². The Kier molecular flexibility index (Phi) is 3.11. The van der Waals surface area contributed by atoms with Crippen molar-refractivity contribution >= 4 is 38.5 Å². The van der Waals surface area contributed by atoms with Gasteiger partial charge in [0.15, 0.2) is 0 Å². The SMILES string of the molecule is c1ccc2c(c1)Cc1ccc3c(c1-2)-c1cc2c(cc1C3)c1cccnc1n1c3ccncc3nc21. The molecule has 0 aliphatic heterocycles. The monoisotopic (exact) mass is 446 g/mol. The van der Waals surface area contributed by atoms with Gasteiger partial charge < -0.3 is 0 Å². The Bertz CT molecular complexity index is 2070. The highest BCUT2D eigenvalue weighted by molar-refractivity contribution is 6.15. The fraction of sp³-hybridized carbons (Fsp3) is 0.0645. The van der Waals surface area contributed by atoms with E-state index in [2.05, 4.69) is 64.0 Å². The fourth-order valence-electron chi connectivity index (χ4n) is 6.47. The highest BCUT2D eigenvalue weighted by Gasteiger charge is 2.29. The maximum absolute atomic E-state index is 5.04. The molecule has 0 saturated heterocycles. The van der Waals surface area contributed by atoms with Crippen LogP contribution in [0.3, 0.4) is 0 Å². The minimum Gasteiger partial charge on any atom is -0.276 e. The molecule has 0 amide bonds. The van der Waals surface area contributed by atoms with Gasteiger partial charge >= 0.3 is 0 Å². The molecule has 0 fully saturated rings. The summed E-state index contributed by atoms with van der Waals surface area (Å²) in [5.41, 5.74) is 15.0. The van der Waals surface area contributed by atoms with Crippen molar-refractivity contribution in [3.8, 4) is 22.3 Å². The normalized spacial score (nSPS) is 13.5. The first-order chi connectivity index (χ1) is 17.3. The summed E-state index contributed by atoms with van der Waals surface area (Å²) in [6.07, 6.45) is 7.51. The first kappa shape index (κ1) is 17.8. The molecule has 162 valence electrons. The summed E-state index contributed by atoms with van der Waals surface area (Å²) >= 11 is 0. The lowest BCUT2D eigenvalue weighted by Gasteiger charge is -2.13. The molecule has 0 spiro atoms. The maximum Gasteiger partial charge on any atom is 0.147 e. The van der Waals surface area contributed by atoms with Gasteiger partial charge in [0.1, 0.15) is 16.8 Å². The van der Waals surface area contributed by atoms with Crippen molar-refractivity contribution in [1.82, 2.24) is 19.4 Å². The van der Waals surface area contributed by atoms with E-state index in [1.54, 1.807) is 0 Å². The van der Waals surface area contributed by atoms with Crippen LogP contribution in [0, 0.1) is 0 Å². The summed E-state index contributed by atoms with van der Waals surface area (Å²) < 4.78 is 2.20. The maximum atomic E-state index is 5.04. The number of aromatic nitrogens is 4. The smallest absolute Gasteiger partial charge is 0.147 e. The predicted octanol–water partition coefficient (Wildman–Crippen LogP) is 6.73. The molecule has 0 saturated carbocycles. The lowest BCUT2D eigenvalue weighted by molar-refractivity contribution is 1.23. The van der Waals surface area contributed by atoms with E-state index in [0.717, 1.165) is 45.9 Å². The molecule has 4 nitrogen and oxygen atoms in total. The molecule has 0 atom stereocenters. The number of nitrogens with zero attached hydrogens (tertiary/aromatic N) is 4. The number of hydrogen-bond acceptors (Lipinski definition) is 3. The van der Waals surface area contributed by atoms with E-state index in [9.17, 15) is 0 Å². The topological polar surface area (TPSA) is 43.1 Å². The number of fused-ring (bicyclic) bond motifs is 15. The Balaban J connectivity index is 1.45. The summed E-state index contributed by atoms with van der Waals surface area (Å²) in [6, 6.07) is 24.6. The minimum atomic E-state index is 0.891. The second kappa shape index (κ2) is 6.10. The van der Waals surface area contributed by atoms with Gasteiger partial charge in [0.05, 0.1) is 11.7 Å². The van der Waals surface area contributed by atoms with Crippen molar-refractivity contribution in [3.63, 3.8) is 0 Å². The Hall–Kier alpha value is -4.57. The Morgan fingerprint density at radius 1 is 0.629 bits per heavy atom. The van der Waals surface area contributed by atoms with Crippen LogP contribution in [-0.2, 0) is 12.8 Å². The number of pyridine rings is 3. The van der Waals surface area contributed by atoms with Crippen molar-refractivity contribution in [2.24, 2.45) is 0 Å². The number of hydrogen-bond donors (Lipinski definition) is 0. The van der Waals surface area contributed by atoms with E-state index < -0.39 is 0 Å². The van der Waals surface area contributed by atoms with Gasteiger partial charge in [-0.15, -0.1) is 0 Å². The van der Waals surface area contributed by atoms with Crippen LogP contribution in [0.15, 0.2) is 85.3 Å². The quantitative estimate of drug-likeness (QED) is 0.243. The van der Waals surface area contributed by atoms with Crippen LogP contribution >= 0.6 is 0 Å². The second-order valence-corrected chi connectivity index (χ2v) is 9.71. The molecular formula is C31H18N4. The van der Waals surface area contributed by atoms with Crippen LogP contribution < -0.4 is 0 Å². The van der Waals surface area contributed by atoms with Crippen LogP contribution in [0.2, 0.25) is 0 Å². The van der Waals surface area contributed by atoms with Crippen LogP contribution in [-0.4, -0.2) is 19.4 Å². The summed E-state index contributed by atoms with van der Waals surface area (Å²) in [5, 5.41) is 3.53. The largest absolute Gasteiger partial charge is 0.276 e. The van der Waals surface area contributed by atoms with Gasteiger partial charge in [0.25, 0.3) is 0 Å². The van der Waals surface area contributed by atoms with Crippen molar-refractivity contribution < 1.29 is 0 Å². The lowest BCUT2D eigenvalue weighted by atomic mass is 9.92. The van der Waals surface area contributed by atoms with Crippen LogP contribution in [0.1, 0.15) is 22.3 Å². The average Bonchev–Trinajstić information content (AvgIpc) is 3.58. The summed E-state index contributed by atoms with van der Waals surface area (Å²) in [4.78, 5) is 14.2. The van der Waals surface area contributed by atoms with Crippen molar-refractivity contribution in [3.05, 3.63) is 108 Å². The van der Waals surface area contributed by atoms with Crippen molar-refractivity contribution in [2.45, 2.75) is 12.8 Å². The van der Waals surface area contributed by atoms with Gasteiger partial charge in [-0.05, 0) is 93.1 Å². The highest BCUT2D eigenvalue weighted by atomic mass is 15.1. The Morgan fingerprint density at radius 2 is 1.49 bits per heavy atom. The second-order valence-electron chi connectivity index (χ2n) is 9.71. The third-order valence-corrected chi connectivity index (χ3v) is 7.93. The fourth-order valence-corrected chi connectivity index (χ4v) is 6.47. The van der Waals surface area contributed by atoms with E-state index in [4.69, 9.17) is 9.97 Å². The predicted molar refractivity (Wildman–Crippen MR) is 140 cm³/mol. The number of rotatable bonds is 0. The molecule has 4 heteroatoms. The number of imidazole rings is 1. The Morgan fingerprint density at radius 3 is 2.43 bits per heavy atom. The molecule has 0 unspecified atom stereocenters. The van der Waals surface area contributed by atoms with Crippen LogP contribution in [0.25, 0.3) is 60.7 Å². The minimum absolute atomic E-state index is 0.891. The molecule has 2 aliphatic rings. The van der Waals surface area contributed by atoms with E-state index in [1.165, 1.54) is 49.9 Å². The molecule has 4 heterocycles. The van der Waals surface area contributed by atoms with Gasteiger partial charge in [0, 0.05) is 23.2 Å². The highest BCUT2D eigenvalue weighted by Crippen LogP contribution is 2.50. The zero-order valence-corrected chi connectivity index (χ0v) is 18.8. The Labute approximate surface area is 200 Å². The average molecular weight is 447 g/mol. The molecular weight excluding hydrogens is 428 g/mol. The van der Waals surface area contributed by atoms with Gasteiger partial charge in [-0.1, -0.05) is 36.4 Å². The molecule has 4 aromatic heterocycles. The number of benzene rings is 3. The molecule has 7 aromatic rings. The molecule has 0 bridgehead atoms. The standard InChI is InChI=1S/C31H18N4/c1-2-5-21-17(4-1)12-18-7-8-19-13-20-14-24-22-6-3-10-33-30(22)35-27-9-11-32-16-26(27)34-31(35)25(24)15-23(20)29(19)28(18)21/h1-11,14-16H,12-13H2. The third-order valence-electron chi connectivity index (χ3n) is 7.93. The van der Waals surface area contributed by atoms with E-state index in [0.29, 0.717) is 0 Å². The zero-order valence-electron chi connectivity index (χ0n) is 18.8. The molecule has 9 rings (SSSR count). The van der Waals surface area contributed by atoms with Crippen molar-refractivity contribution in [2.75, 3.05) is 0 Å². The first-order valence-electron chi connectivity index (χ1n) is 12.0. The third kappa shape index (κ3) is 2.15. The zero-order chi connectivity index (χ0) is 22.7. The van der Waals surface area contributed by atoms with E-state index in [-0.39, 0.29) is 0 Å². The van der Waals surface area contributed by atoms with Gasteiger partial charge in [-0.2, -0.15) is 0 Å². The van der Waals surface area contributed by atoms with Crippen molar-refractivity contribution in [1.29, 1.82) is 0 Å². The van der Waals surface area contributed by atoms with Gasteiger partial charge in [-0.3, -0.25) is 9.38 Å². The first-order valence-corrected chi connectivity index (χ1v) is 12.0. The van der Waals surface area contributed by atoms with E-state index in [1.807, 2.05) is 30.7 Å². The van der Waals surface area contributed by atoms with Gasteiger partial charge in [-0.25, -0.2) is 9.97 Å². The van der Waals surface area contributed by atoms with Crippen LogP contribution in [0.5, 0.6) is 0 Å². The summed E-state index contributed by atoms with van der Waals surface area (Å²) in [7, 11) is 0. The summed E-state index contributed by atoms with van der Waals surface area (Å²) in [6.45, 7) is 0.